The predicted molar refractivity (Wildman–Crippen MR) is 95.2 cm³/mol. The molecule has 0 aliphatic carbocycles. The highest BCUT2D eigenvalue weighted by atomic mass is 35.5. The van der Waals surface area contributed by atoms with E-state index in [9.17, 15) is 19.7 Å². The first-order valence-corrected chi connectivity index (χ1v) is 8.44. The molecule has 0 aliphatic rings. The molecule has 0 fully saturated rings. The molecule has 0 saturated carbocycles. The summed E-state index contributed by atoms with van der Waals surface area (Å²) >= 11 is 7.07. The number of nitro benzene ring substituents is 1. The lowest BCUT2D eigenvalue weighted by molar-refractivity contribution is -0.384. The van der Waals surface area contributed by atoms with E-state index in [0.29, 0.717) is 23.9 Å². The number of anilines is 1. The van der Waals surface area contributed by atoms with E-state index < -0.39 is 4.92 Å². The third-order valence-electron chi connectivity index (χ3n) is 2.91. The highest BCUT2D eigenvalue weighted by molar-refractivity contribution is 7.99. The topological polar surface area (TPSA) is 130 Å². The summed E-state index contributed by atoms with van der Waals surface area (Å²) in [5.74, 6) is -0.0984. The molecule has 0 unspecified atom stereocenters. The predicted octanol–water partition coefficient (Wildman–Crippen LogP) is 1.65. The van der Waals surface area contributed by atoms with Crippen LogP contribution in [0.3, 0.4) is 0 Å². The van der Waals surface area contributed by atoms with E-state index in [0.717, 1.165) is 11.8 Å². The molecule has 0 aliphatic heterocycles. The van der Waals surface area contributed by atoms with Crippen molar-refractivity contribution in [3.8, 4) is 0 Å². The Morgan fingerprint density at radius 3 is 2.84 bits per heavy atom. The highest BCUT2D eigenvalue weighted by Crippen LogP contribution is 2.26. The Morgan fingerprint density at radius 2 is 2.16 bits per heavy atom. The second-order valence-electron chi connectivity index (χ2n) is 4.73. The number of carbonyl (C=O) groups is 1. The first-order chi connectivity index (χ1) is 12.0. The number of hydrogen-bond acceptors (Lipinski definition) is 7. The smallest absolute Gasteiger partial charge is 0.271 e. The summed E-state index contributed by atoms with van der Waals surface area (Å²) < 4.78 is 0. The lowest BCUT2D eigenvalue weighted by Gasteiger charge is -2.09. The van der Waals surface area contributed by atoms with Gasteiger partial charge in [-0.3, -0.25) is 19.7 Å². The molecule has 0 saturated heterocycles. The second-order valence-corrected chi connectivity index (χ2v) is 6.10. The number of carbonyl (C=O) groups excluding carboxylic acids is 1. The molecule has 2 aromatic rings. The third kappa shape index (κ3) is 6.08. The molecule has 1 heterocycles. The zero-order valence-electron chi connectivity index (χ0n) is 12.8. The average molecular weight is 384 g/mol. The van der Waals surface area contributed by atoms with E-state index in [-0.39, 0.29) is 27.9 Å². The maximum atomic E-state index is 11.7. The number of amides is 1. The van der Waals surface area contributed by atoms with Crippen LogP contribution in [0.25, 0.3) is 0 Å². The van der Waals surface area contributed by atoms with Crippen molar-refractivity contribution in [3.05, 3.63) is 56.0 Å². The van der Waals surface area contributed by atoms with Crippen molar-refractivity contribution in [2.24, 2.45) is 0 Å². The van der Waals surface area contributed by atoms with Gasteiger partial charge in [0.1, 0.15) is 0 Å². The molecule has 3 N–H and O–H groups in total. The quantitative estimate of drug-likeness (QED) is 0.208. The van der Waals surface area contributed by atoms with E-state index in [4.69, 9.17) is 11.6 Å². The van der Waals surface area contributed by atoms with Crippen molar-refractivity contribution < 1.29 is 9.72 Å². The molecule has 1 amide bonds. The Balaban J connectivity index is 1.71. The summed E-state index contributed by atoms with van der Waals surface area (Å²) in [4.78, 5) is 39.4. The van der Waals surface area contributed by atoms with Crippen LogP contribution in [0.1, 0.15) is 0 Å². The SMILES string of the molecule is O=C(CSc1nccc(=O)[nH]1)NCCNc1ccc([N+](=O)[O-])cc1Cl. The lowest BCUT2D eigenvalue weighted by Crippen LogP contribution is -2.30. The Bertz CT molecular complexity index is 829. The minimum Gasteiger partial charge on any atom is -0.382 e. The highest BCUT2D eigenvalue weighted by Gasteiger charge is 2.09. The van der Waals surface area contributed by atoms with Gasteiger partial charge in [0.15, 0.2) is 5.16 Å². The van der Waals surface area contributed by atoms with Crippen molar-refractivity contribution >= 4 is 40.6 Å². The summed E-state index contributed by atoms with van der Waals surface area (Å²) in [6.45, 7) is 0.736. The Hall–Kier alpha value is -2.59. The minimum atomic E-state index is -0.525. The summed E-state index contributed by atoms with van der Waals surface area (Å²) in [6, 6.07) is 5.40. The lowest BCUT2D eigenvalue weighted by atomic mass is 10.3. The van der Waals surface area contributed by atoms with Gasteiger partial charge < -0.3 is 15.6 Å². The van der Waals surface area contributed by atoms with Gasteiger partial charge in [-0.1, -0.05) is 23.4 Å². The molecule has 2 rings (SSSR count). The van der Waals surface area contributed by atoms with Crippen LogP contribution in [0.5, 0.6) is 0 Å². The second kappa shape index (κ2) is 9.04. The summed E-state index contributed by atoms with van der Waals surface area (Å²) in [7, 11) is 0. The molecule has 9 nitrogen and oxygen atoms in total. The van der Waals surface area contributed by atoms with Gasteiger partial charge in [0, 0.05) is 37.5 Å². The molecular formula is C14H14ClN5O4S. The fourth-order valence-corrected chi connectivity index (χ4v) is 2.69. The molecule has 0 radical (unpaired) electrons. The van der Waals surface area contributed by atoms with Crippen molar-refractivity contribution in [2.75, 3.05) is 24.2 Å². The van der Waals surface area contributed by atoms with Gasteiger partial charge in [-0.25, -0.2) is 4.98 Å². The molecule has 1 aromatic heterocycles. The standard InChI is InChI=1S/C14H14ClN5O4S/c15-10-7-9(20(23)24)1-2-11(10)16-5-6-17-13(22)8-25-14-18-4-3-12(21)19-14/h1-4,7,16H,5-6,8H2,(H,17,22)(H,18,19,21). The normalized spacial score (nSPS) is 10.3. The molecule has 0 spiro atoms. The number of nitrogens with one attached hydrogen (secondary N) is 3. The van der Waals surface area contributed by atoms with Gasteiger partial charge in [-0.05, 0) is 6.07 Å². The van der Waals surface area contributed by atoms with Crippen LogP contribution in [0.4, 0.5) is 11.4 Å². The minimum absolute atomic E-state index is 0.0894. The van der Waals surface area contributed by atoms with Crippen LogP contribution in [-0.2, 0) is 4.79 Å². The summed E-state index contributed by atoms with van der Waals surface area (Å²) in [5, 5.41) is 16.9. The fraction of sp³-hybridized carbons (Fsp3) is 0.214. The Labute approximate surface area is 151 Å². The number of nitro groups is 1. The van der Waals surface area contributed by atoms with Gasteiger partial charge in [0.2, 0.25) is 5.91 Å². The molecule has 11 heteroatoms. The first-order valence-electron chi connectivity index (χ1n) is 7.08. The van der Waals surface area contributed by atoms with Crippen molar-refractivity contribution in [1.82, 2.24) is 15.3 Å². The fourth-order valence-electron chi connectivity index (χ4n) is 1.77. The number of non-ortho nitro benzene ring substituents is 1. The Morgan fingerprint density at radius 1 is 1.36 bits per heavy atom. The number of aromatic nitrogens is 2. The van der Waals surface area contributed by atoms with Gasteiger partial charge in [-0.15, -0.1) is 0 Å². The number of rotatable bonds is 8. The van der Waals surface area contributed by atoms with E-state index in [1.165, 1.54) is 30.5 Å². The van der Waals surface area contributed by atoms with Crippen LogP contribution in [0.2, 0.25) is 5.02 Å². The number of benzene rings is 1. The molecule has 0 atom stereocenters. The molecule has 0 bridgehead atoms. The van der Waals surface area contributed by atoms with Crippen molar-refractivity contribution in [1.29, 1.82) is 0 Å². The van der Waals surface area contributed by atoms with Crippen LogP contribution in [0, 0.1) is 10.1 Å². The van der Waals surface area contributed by atoms with Crippen LogP contribution in [0.15, 0.2) is 40.4 Å². The summed E-state index contributed by atoms with van der Waals surface area (Å²) in [5.41, 5.74) is 0.178. The summed E-state index contributed by atoms with van der Waals surface area (Å²) in [6.07, 6.45) is 1.37. The number of halogens is 1. The van der Waals surface area contributed by atoms with Gasteiger partial charge in [0.05, 0.1) is 21.4 Å². The van der Waals surface area contributed by atoms with E-state index in [2.05, 4.69) is 20.6 Å². The van der Waals surface area contributed by atoms with E-state index >= 15 is 0 Å². The third-order valence-corrected chi connectivity index (χ3v) is 4.11. The van der Waals surface area contributed by atoms with E-state index in [1.807, 2.05) is 0 Å². The number of aromatic amines is 1. The van der Waals surface area contributed by atoms with Gasteiger partial charge in [-0.2, -0.15) is 0 Å². The number of H-pyrrole nitrogens is 1. The van der Waals surface area contributed by atoms with Crippen molar-refractivity contribution in [2.45, 2.75) is 5.16 Å². The Kier molecular flexibility index (Phi) is 6.78. The van der Waals surface area contributed by atoms with Crippen LogP contribution in [-0.4, -0.2) is 39.6 Å². The van der Waals surface area contributed by atoms with Crippen molar-refractivity contribution in [3.63, 3.8) is 0 Å². The van der Waals surface area contributed by atoms with Crippen LogP contribution >= 0.6 is 23.4 Å². The first kappa shape index (κ1) is 18.7. The average Bonchev–Trinajstić information content (AvgIpc) is 2.58. The largest absolute Gasteiger partial charge is 0.382 e. The monoisotopic (exact) mass is 383 g/mol. The molecular weight excluding hydrogens is 370 g/mol. The number of thioether (sulfide) groups is 1. The van der Waals surface area contributed by atoms with E-state index in [1.54, 1.807) is 0 Å². The molecule has 132 valence electrons. The van der Waals surface area contributed by atoms with Gasteiger partial charge in [0.25, 0.3) is 11.2 Å². The number of hydrogen-bond donors (Lipinski definition) is 3. The zero-order chi connectivity index (χ0) is 18.2. The molecule has 25 heavy (non-hydrogen) atoms. The maximum absolute atomic E-state index is 11.7. The number of nitrogens with zero attached hydrogens (tertiary/aromatic N) is 2. The van der Waals surface area contributed by atoms with Gasteiger partial charge >= 0.3 is 0 Å². The zero-order valence-corrected chi connectivity index (χ0v) is 14.4. The maximum Gasteiger partial charge on any atom is 0.271 e. The molecule has 1 aromatic carbocycles. The van der Waals surface area contributed by atoms with Crippen LogP contribution < -0.4 is 16.2 Å².